The van der Waals surface area contributed by atoms with Gasteiger partial charge in [-0.05, 0) is 18.2 Å². The van der Waals surface area contributed by atoms with Gasteiger partial charge in [-0.1, -0.05) is 0 Å². The highest BCUT2D eigenvalue weighted by Crippen LogP contribution is 2.24. The Morgan fingerprint density at radius 2 is 2.00 bits per heavy atom. The van der Waals surface area contributed by atoms with Crippen LogP contribution in [-0.4, -0.2) is 16.2 Å². The molecule has 1 aromatic rings. The first-order valence-electron chi connectivity index (χ1n) is 3.60. The Labute approximate surface area is 77.9 Å². The first-order chi connectivity index (χ1) is 6.52. The van der Waals surface area contributed by atoms with Gasteiger partial charge in [0.15, 0.2) is 11.6 Å². The van der Waals surface area contributed by atoms with Crippen molar-refractivity contribution < 1.29 is 23.8 Å². The molecule has 0 unspecified atom stereocenters. The van der Waals surface area contributed by atoms with Crippen LogP contribution in [0.3, 0.4) is 0 Å². The Bertz CT molecular complexity index is 399. The Morgan fingerprint density at radius 1 is 1.36 bits per heavy atom. The number of phenols is 1. The standard InChI is InChI=1S/C9H6F2O3/c10-6-3-1-5(2-4-7(12)13)9(14)8(6)11/h1-4,14H,(H,12,13)/b4-2+. The van der Waals surface area contributed by atoms with E-state index in [0.29, 0.717) is 6.08 Å². The summed E-state index contributed by atoms with van der Waals surface area (Å²) in [7, 11) is 0. The molecule has 0 aliphatic heterocycles. The minimum Gasteiger partial charge on any atom is -0.504 e. The maximum atomic E-state index is 12.7. The van der Waals surface area contributed by atoms with E-state index < -0.39 is 23.4 Å². The molecule has 2 N–H and O–H groups in total. The molecule has 0 aliphatic rings. The van der Waals surface area contributed by atoms with Crippen molar-refractivity contribution in [2.24, 2.45) is 0 Å². The summed E-state index contributed by atoms with van der Waals surface area (Å²) in [5, 5.41) is 17.3. The monoisotopic (exact) mass is 200 g/mol. The molecule has 0 saturated heterocycles. The highest BCUT2D eigenvalue weighted by Gasteiger charge is 2.10. The van der Waals surface area contributed by atoms with Crippen molar-refractivity contribution in [3.05, 3.63) is 35.4 Å². The van der Waals surface area contributed by atoms with Crippen LogP contribution in [0.25, 0.3) is 6.08 Å². The van der Waals surface area contributed by atoms with E-state index in [1.54, 1.807) is 0 Å². The summed E-state index contributed by atoms with van der Waals surface area (Å²) in [6.07, 6.45) is 1.69. The average Bonchev–Trinajstić information content (AvgIpc) is 2.13. The molecule has 0 atom stereocenters. The number of carboxylic acid groups (broad SMARTS) is 1. The number of carboxylic acids is 1. The summed E-state index contributed by atoms with van der Waals surface area (Å²) >= 11 is 0. The number of phenolic OH excluding ortho intramolecular Hbond substituents is 1. The lowest BCUT2D eigenvalue weighted by Gasteiger charge is -2.00. The molecule has 5 heteroatoms. The highest BCUT2D eigenvalue weighted by molar-refractivity contribution is 5.85. The normalized spacial score (nSPS) is 10.7. The number of aromatic hydroxyl groups is 1. The highest BCUT2D eigenvalue weighted by atomic mass is 19.2. The van der Waals surface area contributed by atoms with Crippen LogP contribution < -0.4 is 0 Å². The van der Waals surface area contributed by atoms with Gasteiger partial charge in [0.25, 0.3) is 0 Å². The van der Waals surface area contributed by atoms with Gasteiger partial charge in [-0.15, -0.1) is 0 Å². The van der Waals surface area contributed by atoms with Crippen molar-refractivity contribution in [3.63, 3.8) is 0 Å². The molecule has 0 saturated carbocycles. The van der Waals surface area contributed by atoms with Crippen molar-refractivity contribution in [1.82, 2.24) is 0 Å². The molecule has 0 amide bonds. The number of benzene rings is 1. The minimum atomic E-state index is -1.39. The lowest BCUT2D eigenvalue weighted by atomic mass is 10.1. The topological polar surface area (TPSA) is 57.5 Å². The quantitative estimate of drug-likeness (QED) is 0.715. The molecule has 3 nitrogen and oxygen atoms in total. The minimum absolute atomic E-state index is 0.0914. The third-order valence-corrected chi connectivity index (χ3v) is 1.51. The fourth-order valence-corrected chi connectivity index (χ4v) is 0.850. The summed E-state index contributed by atoms with van der Waals surface area (Å²) in [4.78, 5) is 10.1. The van der Waals surface area contributed by atoms with E-state index in [1.165, 1.54) is 0 Å². The molecular weight excluding hydrogens is 194 g/mol. The van der Waals surface area contributed by atoms with Crippen molar-refractivity contribution in [2.75, 3.05) is 0 Å². The summed E-state index contributed by atoms with van der Waals surface area (Å²) in [5.41, 5.74) is -0.0914. The van der Waals surface area contributed by atoms with E-state index in [2.05, 4.69) is 0 Å². The molecular formula is C9H6F2O3. The number of rotatable bonds is 2. The third kappa shape index (κ3) is 2.07. The first kappa shape index (κ1) is 10.2. The molecule has 0 heterocycles. The van der Waals surface area contributed by atoms with E-state index in [0.717, 1.165) is 18.2 Å². The van der Waals surface area contributed by atoms with Crippen LogP contribution in [0.15, 0.2) is 18.2 Å². The summed E-state index contributed by atoms with van der Waals surface area (Å²) < 4.78 is 25.2. The predicted molar refractivity (Wildman–Crippen MR) is 44.7 cm³/mol. The lowest BCUT2D eigenvalue weighted by molar-refractivity contribution is -0.131. The van der Waals surface area contributed by atoms with E-state index in [1.807, 2.05) is 0 Å². The van der Waals surface area contributed by atoms with Gasteiger partial charge in [-0.3, -0.25) is 0 Å². The van der Waals surface area contributed by atoms with Gasteiger partial charge in [0.05, 0.1) is 0 Å². The Kier molecular flexibility index (Phi) is 2.81. The summed E-state index contributed by atoms with van der Waals surface area (Å²) in [6.45, 7) is 0. The maximum Gasteiger partial charge on any atom is 0.328 e. The maximum absolute atomic E-state index is 12.7. The van der Waals surface area contributed by atoms with Crippen LogP contribution in [-0.2, 0) is 4.79 Å². The van der Waals surface area contributed by atoms with Gasteiger partial charge in [-0.25, -0.2) is 9.18 Å². The molecule has 1 aromatic carbocycles. The largest absolute Gasteiger partial charge is 0.504 e. The Morgan fingerprint density at radius 3 is 2.57 bits per heavy atom. The van der Waals surface area contributed by atoms with Crippen LogP contribution in [0, 0.1) is 11.6 Å². The fourth-order valence-electron chi connectivity index (χ4n) is 0.850. The molecule has 14 heavy (non-hydrogen) atoms. The summed E-state index contributed by atoms with van der Waals surface area (Å²) in [5.74, 6) is -4.72. The van der Waals surface area contributed by atoms with E-state index >= 15 is 0 Å². The van der Waals surface area contributed by atoms with Gasteiger partial charge in [0.2, 0.25) is 5.82 Å². The van der Waals surface area contributed by atoms with Crippen LogP contribution >= 0.6 is 0 Å². The van der Waals surface area contributed by atoms with Crippen molar-refractivity contribution >= 4 is 12.0 Å². The van der Waals surface area contributed by atoms with Crippen molar-refractivity contribution in [2.45, 2.75) is 0 Å². The zero-order valence-corrected chi connectivity index (χ0v) is 6.87. The van der Waals surface area contributed by atoms with Gasteiger partial charge < -0.3 is 10.2 Å². The molecule has 0 fully saturated rings. The molecule has 0 spiro atoms. The second-order valence-electron chi connectivity index (χ2n) is 2.47. The van der Waals surface area contributed by atoms with Crippen molar-refractivity contribution in [1.29, 1.82) is 0 Å². The van der Waals surface area contributed by atoms with Gasteiger partial charge in [0, 0.05) is 11.6 Å². The molecule has 74 valence electrons. The van der Waals surface area contributed by atoms with Gasteiger partial charge >= 0.3 is 5.97 Å². The first-order valence-corrected chi connectivity index (χ1v) is 3.60. The zero-order chi connectivity index (χ0) is 10.7. The zero-order valence-electron chi connectivity index (χ0n) is 6.87. The van der Waals surface area contributed by atoms with Crippen LogP contribution in [0.4, 0.5) is 8.78 Å². The Balaban J connectivity index is 3.12. The number of aliphatic carboxylic acids is 1. The van der Waals surface area contributed by atoms with E-state index in [-0.39, 0.29) is 5.56 Å². The van der Waals surface area contributed by atoms with Crippen LogP contribution in [0.5, 0.6) is 5.75 Å². The Hall–Kier alpha value is -1.91. The molecule has 0 aliphatic carbocycles. The molecule has 1 rings (SSSR count). The van der Waals surface area contributed by atoms with Crippen LogP contribution in [0.1, 0.15) is 5.56 Å². The number of carbonyl (C=O) groups is 1. The lowest BCUT2D eigenvalue weighted by Crippen LogP contribution is -1.89. The van der Waals surface area contributed by atoms with Crippen LogP contribution in [0.2, 0.25) is 0 Å². The number of hydrogen-bond donors (Lipinski definition) is 2. The van der Waals surface area contributed by atoms with Gasteiger partial charge in [0.1, 0.15) is 0 Å². The SMILES string of the molecule is O=C(O)/C=C/c1ccc(F)c(F)c1O. The summed E-state index contributed by atoms with van der Waals surface area (Å²) in [6, 6.07) is 1.88. The van der Waals surface area contributed by atoms with Gasteiger partial charge in [-0.2, -0.15) is 4.39 Å². The molecule has 0 bridgehead atoms. The molecule has 0 radical (unpaired) electrons. The second kappa shape index (κ2) is 3.87. The second-order valence-corrected chi connectivity index (χ2v) is 2.47. The smallest absolute Gasteiger partial charge is 0.328 e. The fraction of sp³-hybridized carbons (Fsp3) is 0. The van der Waals surface area contributed by atoms with E-state index in [4.69, 9.17) is 10.2 Å². The third-order valence-electron chi connectivity index (χ3n) is 1.51. The van der Waals surface area contributed by atoms with Crippen molar-refractivity contribution in [3.8, 4) is 5.75 Å². The number of halogens is 2. The van der Waals surface area contributed by atoms with E-state index in [9.17, 15) is 13.6 Å². The molecule has 0 aromatic heterocycles. The predicted octanol–water partition coefficient (Wildman–Crippen LogP) is 1.77. The number of hydrogen-bond acceptors (Lipinski definition) is 2. The average molecular weight is 200 g/mol.